The topological polar surface area (TPSA) is 108 Å². The highest BCUT2D eigenvalue weighted by molar-refractivity contribution is 7.08. The van der Waals surface area contributed by atoms with Crippen LogP contribution in [0.5, 0.6) is 0 Å². The Morgan fingerprint density at radius 3 is 2.56 bits per heavy atom. The summed E-state index contributed by atoms with van der Waals surface area (Å²) in [5, 5.41) is 13.5. The van der Waals surface area contributed by atoms with Crippen LogP contribution in [0.3, 0.4) is 0 Å². The number of aromatic carboxylic acids is 1. The third kappa shape index (κ3) is 2.61. The van der Waals surface area contributed by atoms with Crippen LogP contribution in [0, 0.1) is 0 Å². The lowest BCUT2D eigenvalue weighted by Crippen LogP contribution is -2.36. The molecular formula is C11H14N3O3S-. The van der Waals surface area contributed by atoms with E-state index in [1.807, 2.05) is 0 Å². The highest BCUT2D eigenvalue weighted by Crippen LogP contribution is 2.22. The number of carboxylic acids is 1. The van der Waals surface area contributed by atoms with Crippen molar-refractivity contribution in [1.82, 2.24) is 9.69 Å². The minimum atomic E-state index is -1.40. The van der Waals surface area contributed by atoms with Gasteiger partial charge in [0.05, 0.1) is 16.5 Å². The van der Waals surface area contributed by atoms with Gasteiger partial charge in [-0.05, 0) is 24.4 Å². The van der Waals surface area contributed by atoms with Crippen molar-refractivity contribution in [3.63, 3.8) is 0 Å². The quantitative estimate of drug-likeness (QED) is 0.811. The maximum atomic E-state index is 11.9. The van der Waals surface area contributed by atoms with Crippen molar-refractivity contribution in [2.45, 2.75) is 38.1 Å². The first-order valence-corrected chi connectivity index (χ1v) is 6.64. The standard InChI is InChI=1S/C11H15N3O3S/c12-7-8(14-18-9(7)11(16)17)10(15)13-6-4-2-1-3-5-6/h6H,1-5,12H2,(H,13,15)(H,16,17)/p-1. The normalized spacial score (nSPS) is 16.4. The maximum absolute atomic E-state index is 11.9. The van der Waals surface area contributed by atoms with E-state index in [2.05, 4.69) is 9.69 Å². The van der Waals surface area contributed by atoms with E-state index in [9.17, 15) is 14.7 Å². The Kier molecular flexibility index (Phi) is 3.81. The molecule has 0 saturated heterocycles. The molecule has 3 N–H and O–H groups in total. The molecule has 0 aromatic carbocycles. The van der Waals surface area contributed by atoms with E-state index in [1.54, 1.807) is 0 Å². The molecule has 1 amide bonds. The number of aromatic nitrogens is 1. The molecule has 1 aromatic rings. The van der Waals surface area contributed by atoms with Gasteiger partial charge < -0.3 is 21.0 Å². The van der Waals surface area contributed by atoms with Crippen molar-refractivity contribution in [2.75, 3.05) is 5.73 Å². The van der Waals surface area contributed by atoms with Gasteiger partial charge in [0.15, 0.2) is 5.69 Å². The fourth-order valence-corrected chi connectivity index (χ4v) is 2.74. The highest BCUT2D eigenvalue weighted by Gasteiger charge is 2.22. The average molecular weight is 268 g/mol. The van der Waals surface area contributed by atoms with Gasteiger partial charge in [0.1, 0.15) is 0 Å². The summed E-state index contributed by atoms with van der Waals surface area (Å²) in [6.07, 6.45) is 5.29. The summed E-state index contributed by atoms with van der Waals surface area (Å²) in [6.45, 7) is 0. The van der Waals surface area contributed by atoms with Crippen LogP contribution in [-0.4, -0.2) is 22.3 Å². The Morgan fingerprint density at radius 1 is 1.33 bits per heavy atom. The lowest BCUT2D eigenvalue weighted by molar-refractivity contribution is -0.254. The van der Waals surface area contributed by atoms with Crippen LogP contribution in [0.25, 0.3) is 0 Å². The van der Waals surface area contributed by atoms with E-state index in [1.165, 1.54) is 6.42 Å². The van der Waals surface area contributed by atoms with Gasteiger partial charge in [0.2, 0.25) is 0 Å². The summed E-state index contributed by atoms with van der Waals surface area (Å²) in [5.41, 5.74) is 5.46. The summed E-state index contributed by atoms with van der Waals surface area (Å²) in [4.78, 5) is 22.4. The molecule has 0 atom stereocenters. The van der Waals surface area contributed by atoms with E-state index in [-0.39, 0.29) is 22.3 Å². The van der Waals surface area contributed by atoms with Gasteiger partial charge in [-0.15, -0.1) is 0 Å². The van der Waals surface area contributed by atoms with E-state index in [4.69, 9.17) is 5.73 Å². The molecule has 98 valence electrons. The zero-order valence-corrected chi connectivity index (χ0v) is 10.6. The lowest BCUT2D eigenvalue weighted by Gasteiger charge is -2.22. The van der Waals surface area contributed by atoms with Gasteiger partial charge in [-0.3, -0.25) is 4.79 Å². The Morgan fingerprint density at radius 2 is 2.00 bits per heavy atom. The number of nitrogens with two attached hydrogens (primary N) is 1. The number of carbonyl (C=O) groups excluding carboxylic acids is 2. The predicted molar refractivity (Wildman–Crippen MR) is 65.2 cm³/mol. The molecule has 0 spiro atoms. The number of hydrogen-bond acceptors (Lipinski definition) is 6. The Labute approximate surface area is 108 Å². The Bertz CT molecular complexity index is 466. The van der Waals surface area contributed by atoms with Crippen LogP contribution >= 0.6 is 11.5 Å². The number of carbonyl (C=O) groups is 2. The van der Waals surface area contributed by atoms with E-state index < -0.39 is 11.9 Å². The molecule has 1 fully saturated rings. The Balaban J connectivity index is 2.06. The second-order valence-electron chi connectivity index (χ2n) is 4.37. The molecule has 1 saturated carbocycles. The van der Waals surface area contributed by atoms with Crippen molar-refractivity contribution in [1.29, 1.82) is 0 Å². The number of hydrogen-bond donors (Lipinski definition) is 2. The van der Waals surface area contributed by atoms with Crippen molar-refractivity contribution in [2.24, 2.45) is 0 Å². The zero-order chi connectivity index (χ0) is 13.1. The lowest BCUT2D eigenvalue weighted by atomic mass is 9.95. The molecule has 0 radical (unpaired) electrons. The molecule has 6 nitrogen and oxygen atoms in total. The Hall–Kier alpha value is -1.63. The first kappa shape index (κ1) is 12.8. The number of rotatable bonds is 3. The smallest absolute Gasteiger partial charge is 0.273 e. The van der Waals surface area contributed by atoms with Crippen molar-refractivity contribution in [3.05, 3.63) is 10.6 Å². The van der Waals surface area contributed by atoms with E-state index in [0.717, 1.165) is 25.7 Å². The molecule has 0 bridgehead atoms. The van der Waals surface area contributed by atoms with Gasteiger partial charge in [-0.1, -0.05) is 19.3 Å². The van der Waals surface area contributed by atoms with Gasteiger partial charge in [0.25, 0.3) is 5.91 Å². The fraction of sp³-hybridized carbons (Fsp3) is 0.545. The van der Waals surface area contributed by atoms with Crippen LogP contribution in [0.15, 0.2) is 0 Å². The largest absolute Gasteiger partial charge is 0.544 e. The summed E-state index contributed by atoms with van der Waals surface area (Å²) < 4.78 is 3.79. The predicted octanol–water partition coefficient (Wildman–Crippen LogP) is 0.151. The van der Waals surface area contributed by atoms with Crippen LogP contribution in [-0.2, 0) is 0 Å². The number of nitrogens with one attached hydrogen (secondary N) is 1. The maximum Gasteiger partial charge on any atom is 0.273 e. The number of amides is 1. The monoisotopic (exact) mass is 268 g/mol. The van der Waals surface area contributed by atoms with Gasteiger partial charge >= 0.3 is 0 Å². The van der Waals surface area contributed by atoms with Crippen molar-refractivity contribution < 1.29 is 14.7 Å². The number of anilines is 1. The minimum Gasteiger partial charge on any atom is -0.544 e. The zero-order valence-electron chi connectivity index (χ0n) is 9.77. The molecule has 0 unspecified atom stereocenters. The van der Waals surface area contributed by atoms with Crippen LogP contribution < -0.4 is 16.2 Å². The third-order valence-corrected chi connectivity index (χ3v) is 3.91. The van der Waals surface area contributed by atoms with Crippen LogP contribution in [0.2, 0.25) is 0 Å². The van der Waals surface area contributed by atoms with E-state index in [0.29, 0.717) is 11.5 Å². The molecule has 1 heterocycles. The third-order valence-electron chi connectivity index (χ3n) is 3.07. The summed E-state index contributed by atoms with van der Waals surface area (Å²) >= 11 is 0.677. The molecule has 1 aromatic heterocycles. The second kappa shape index (κ2) is 5.34. The molecule has 0 aliphatic heterocycles. The first-order valence-electron chi connectivity index (χ1n) is 5.87. The van der Waals surface area contributed by atoms with Crippen LogP contribution in [0.4, 0.5) is 5.69 Å². The fourth-order valence-electron chi connectivity index (χ4n) is 2.11. The number of carboxylic acid groups (broad SMARTS) is 1. The van der Waals surface area contributed by atoms with E-state index >= 15 is 0 Å². The summed E-state index contributed by atoms with van der Waals surface area (Å²) in [7, 11) is 0. The first-order chi connectivity index (χ1) is 8.59. The molecule has 1 aliphatic rings. The van der Waals surface area contributed by atoms with Gasteiger partial charge in [0, 0.05) is 6.04 Å². The SMILES string of the molecule is Nc1c(C(=O)NC2CCCCC2)nsc1C(=O)[O-]. The van der Waals surface area contributed by atoms with Crippen molar-refractivity contribution in [3.8, 4) is 0 Å². The molecule has 18 heavy (non-hydrogen) atoms. The molecular weight excluding hydrogens is 254 g/mol. The molecule has 2 rings (SSSR count). The molecule has 1 aliphatic carbocycles. The van der Waals surface area contributed by atoms with Crippen LogP contribution in [0.1, 0.15) is 52.3 Å². The summed E-state index contributed by atoms with van der Waals surface area (Å²) in [6, 6.07) is 0.138. The van der Waals surface area contributed by atoms with Gasteiger partial charge in [-0.25, -0.2) is 0 Å². The molecule has 7 heteroatoms. The van der Waals surface area contributed by atoms with Gasteiger partial charge in [-0.2, -0.15) is 4.37 Å². The second-order valence-corrected chi connectivity index (χ2v) is 5.14. The average Bonchev–Trinajstić information content (AvgIpc) is 2.72. The van der Waals surface area contributed by atoms with Crippen molar-refractivity contribution >= 4 is 29.1 Å². The summed E-state index contributed by atoms with van der Waals surface area (Å²) in [5.74, 6) is -1.80. The highest BCUT2D eigenvalue weighted by atomic mass is 32.1. The number of nitrogens with zero attached hydrogens (tertiary/aromatic N) is 1. The number of nitrogen functional groups attached to an aromatic ring is 1. The minimum absolute atomic E-state index is 0.00947.